The summed E-state index contributed by atoms with van der Waals surface area (Å²) in [7, 11) is 3.02. The van der Waals surface area contributed by atoms with Crippen LogP contribution in [0.5, 0.6) is 11.5 Å². The molecule has 29 heavy (non-hydrogen) atoms. The van der Waals surface area contributed by atoms with Gasteiger partial charge >= 0.3 is 5.69 Å². The van der Waals surface area contributed by atoms with Gasteiger partial charge in [-0.05, 0) is 30.3 Å². The summed E-state index contributed by atoms with van der Waals surface area (Å²) in [6, 6.07) is 10.1. The van der Waals surface area contributed by atoms with Crippen molar-refractivity contribution in [3.63, 3.8) is 0 Å². The number of nitrogens with one attached hydrogen (secondary N) is 1. The third-order valence-corrected chi connectivity index (χ3v) is 4.59. The second kappa shape index (κ2) is 7.44. The molecular weight excluding hydrogens is 398 g/mol. The van der Waals surface area contributed by atoms with Gasteiger partial charge in [-0.2, -0.15) is 0 Å². The average molecular weight is 414 g/mol. The summed E-state index contributed by atoms with van der Waals surface area (Å²) < 4.78 is 12.8. The highest BCUT2D eigenvalue weighted by Gasteiger charge is 2.15. The van der Waals surface area contributed by atoms with E-state index in [2.05, 4.69) is 15.4 Å². The molecule has 0 saturated heterocycles. The molecule has 0 atom stereocenters. The van der Waals surface area contributed by atoms with Crippen molar-refractivity contribution in [1.29, 1.82) is 0 Å². The maximum Gasteiger partial charge on any atom is 0.352 e. The van der Waals surface area contributed by atoms with Gasteiger partial charge in [0.25, 0.3) is 0 Å². The van der Waals surface area contributed by atoms with Crippen molar-refractivity contribution in [2.24, 2.45) is 0 Å². The van der Waals surface area contributed by atoms with Crippen LogP contribution in [0, 0.1) is 0 Å². The predicted molar refractivity (Wildman–Crippen MR) is 108 cm³/mol. The highest BCUT2D eigenvalue weighted by atomic mass is 35.5. The lowest BCUT2D eigenvalue weighted by Gasteiger charge is -2.11. The van der Waals surface area contributed by atoms with Crippen LogP contribution in [0.3, 0.4) is 0 Å². The Hall–Kier alpha value is -3.59. The lowest BCUT2D eigenvalue weighted by atomic mass is 10.2. The zero-order valence-corrected chi connectivity index (χ0v) is 16.3. The van der Waals surface area contributed by atoms with Gasteiger partial charge in [-0.25, -0.2) is 18.9 Å². The molecule has 4 aromatic rings. The van der Waals surface area contributed by atoms with Crippen LogP contribution in [0.4, 0.5) is 5.69 Å². The van der Waals surface area contributed by atoms with Crippen molar-refractivity contribution in [3.05, 3.63) is 58.2 Å². The van der Waals surface area contributed by atoms with E-state index in [1.807, 2.05) is 0 Å². The summed E-state index contributed by atoms with van der Waals surface area (Å²) in [6.07, 6.45) is 1.36. The fourth-order valence-corrected chi connectivity index (χ4v) is 3.14. The van der Waals surface area contributed by atoms with Crippen LogP contribution in [0.1, 0.15) is 0 Å². The molecule has 0 radical (unpaired) electrons. The Morgan fingerprint density at radius 2 is 2.00 bits per heavy atom. The van der Waals surface area contributed by atoms with Gasteiger partial charge in [-0.15, -0.1) is 5.10 Å². The van der Waals surface area contributed by atoms with E-state index in [1.54, 1.807) is 36.4 Å². The maximum atomic E-state index is 12.6. The van der Waals surface area contributed by atoms with Gasteiger partial charge in [-0.3, -0.25) is 4.79 Å². The number of methoxy groups -OCH3 is 2. The number of fused-ring (bicyclic) bond motifs is 3. The van der Waals surface area contributed by atoms with E-state index >= 15 is 0 Å². The van der Waals surface area contributed by atoms with Gasteiger partial charge < -0.3 is 14.8 Å². The number of amides is 1. The molecule has 1 amide bonds. The highest BCUT2D eigenvalue weighted by Crippen LogP contribution is 2.28. The molecule has 0 unspecified atom stereocenters. The topological polar surface area (TPSA) is 99.8 Å². The Morgan fingerprint density at radius 3 is 2.76 bits per heavy atom. The van der Waals surface area contributed by atoms with Gasteiger partial charge in [0.05, 0.1) is 25.4 Å². The zero-order chi connectivity index (χ0) is 20.5. The summed E-state index contributed by atoms with van der Waals surface area (Å²) in [4.78, 5) is 29.4. The third kappa shape index (κ3) is 3.47. The first-order valence-corrected chi connectivity index (χ1v) is 8.93. The molecular formula is C19H16ClN5O4. The fourth-order valence-electron chi connectivity index (χ4n) is 2.97. The maximum absolute atomic E-state index is 12.6. The predicted octanol–water partition coefficient (Wildman–Crippen LogP) is 2.35. The quantitative estimate of drug-likeness (QED) is 0.539. The second-order valence-electron chi connectivity index (χ2n) is 6.15. The lowest BCUT2D eigenvalue weighted by molar-refractivity contribution is -0.117. The number of halogens is 1. The molecule has 0 fully saturated rings. The van der Waals surface area contributed by atoms with Crippen LogP contribution < -0.4 is 20.5 Å². The van der Waals surface area contributed by atoms with Gasteiger partial charge in [0.2, 0.25) is 5.91 Å². The van der Waals surface area contributed by atoms with E-state index < -0.39 is 11.6 Å². The van der Waals surface area contributed by atoms with Gasteiger partial charge in [0.15, 0.2) is 5.65 Å². The minimum Gasteiger partial charge on any atom is -0.497 e. The van der Waals surface area contributed by atoms with E-state index in [0.717, 1.165) is 4.68 Å². The number of ether oxygens (including phenoxy) is 2. The minimum atomic E-state index is -0.475. The van der Waals surface area contributed by atoms with Crippen molar-refractivity contribution in [3.8, 4) is 11.5 Å². The molecule has 0 bridgehead atoms. The first kappa shape index (κ1) is 18.8. The zero-order valence-electron chi connectivity index (χ0n) is 15.5. The van der Waals surface area contributed by atoms with Crippen molar-refractivity contribution >= 4 is 39.7 Å². The number of carbonyl (C=O) groups excluding carboxylic acids is 1. The van der Waals surface area contributed by atoms with Crippen LogP contribution in [-0.2, 0) is 11.3 Å². The number of hydrogen-bond donors (Lipinski definition) is 1. The van der Waals surface area contributed by atoms with Crippen LogP contribution in [0.15, 0.2) is 47.5 Å². The Morgan fingerprint density at radius 1 is 1.17 bits per heavy atom. The summed E-state index contributed by atoms with van der Waals surface area (Å²) in [5.74, 6) is 0.582. The Labute approximate surface area is 169 Å². The number of rotatable bonds is 5. The van der Waals surface area contributed by atoms with Crippen LogP contribution >= 0.6 is 11.6 Å². The lowest BCUT2D eigenvalue weighted by Crippen LogP contribution is -2.28. The van der Waals surface area contributed by atoms with E-state index in [1.165, 1.54) is 24.9 Å². The number of carbonyl (C=O) groups is 1. The van der Waals surface area contributed by atoms with Gasteiger partial charge in [0, 0.05) is 16.5 Å². The smallest absolute Gasteiger partial charge is 0.352 e. The molecule has 9 nitrogen and oxygen atoms in total. The molecule has 0 aliphatic heterocycles. The van der Waals surface area contributed by atoms with Crippen LogP contribution in [0.2, 0.25) is 5.02 Å². The molecule has 2 aromatic carbocycles. The van der Waals surface area contributed by atoms with E-state index in [4.69, 9.17) is 21.1 Å². The molecule has 1 N–H and O–H groups in total. The monoisotopic (exact) mass is 413 g/mol. The van der Waals surface area contributed by atoms with E-state index in [-0.39, 0.29) is 6.54 Å². The SMILES string of the molecule is COc1ccc(OC)c(NC(=O)Cn2nc3c4ccc(Cl)cc4ncn3c2=O)c1. The number of nitrogens with zero attached hydrogens (tertiary/aromatic N) is 4. The second-order valence-corrected chi connectivity index (χ2v) is 6.59. The first-order valence-electron chi connectivity index (χ1n) is 8.55. The molecule has 0 saturated carbocycles. The minimum absolute atomic E-state index is 0.282. The fraction of sp³-hybridized carbons (Fsp3) is 0.158. The van der Waals surface area contributed by atoms with Gasteiger partial charge in [-0.1, -0.05) is 11.6 Å². The Kier molecular flexibility index (Phi) is 4.81. The molecule has 2 aromatic heterocycles. The first-order chi connectivity index (χ1) is 14.0. The molecule has 148 valence electrons. The number of aromatic nitrogens is 4. The average Bonchev–Trinajstić information content (AvgIpc) is 3.03. The normalized spacial score (nSPS) is 11.0. The summed E-state index contributed by atoms with van der Waals surface area (Å²) >= 11 is 5.99. The van der Waals surface area contributed by atoms with Crippen molar-refractivity contribution in [2.45, 2.75) is 6.54 Å². The van der Waals surface area contributed by atoms with Crippen molar-refractivity contribution in [2.75, 3.05) is 19.5 Å². The number of hydrogen-bond acceptors (Lipinski definition) is 6. The molecule has 0 aliphatic carbocycles. The standard InChI is InChI=1S/C19H16ClN5O4/c1-28-12-4-6-16(29-2)15(8-12)22-17(26)9-25-19(27)24-10-21-14-7-11(20)3-5-13(14)18(24)23-25/h3-8,10H,9H2,1-2H3,(H,22,26). The molecule has 0 aliphatic rings. The Balaban J connectivity index is 1.66. The Bertz CT molecular complexity index is 1300. The van der Waals surface area contributed by atoms with E-state index in [9.17, 15) is 9.59 Å². The third-order valence-electron chi connectivity index (χ3n) is 4.36. The van der Waals surface area contributed by atoms with E-state index in [0.29, 0.717) is 38.8 Å². The molecule has 10 heteroatoms. The molecule has 2 heterocycles. The van der Waals surface area contributed by atoms with Crippen LogP contribution in [0.25, 0.3) is 16.6 Å². The summed E-state index contributed by atoms with van der Waals surface area (Å²) in [5.41, 5.74) is 0.948. The largest absolute Gasteiger partial charge is 0.497 e. The number of benzene rings is 2. The molecule has 0 spiro atoms. The summed E-state index contributed by atoms with van der Waals surface area (Å²) in [5, 5.41) is 8.20. The van der Waals surface area contributed by atoms with Crippen LogP contribution in [-0.4, -0.2) is 39.3 Å². The summed E-state index contributed by atoms with van der Waals surface area (Å²) in [6.45, 7) is -0.282. The van der Waals surface area contributed by atoms with Crippen molar-refractivity contribution < 1.29 is 14.3 Å². The molecule has 4 rings (SSSR count). The highest BCUT2D eigenvalue weighted by molar-refractivity contribution is 6.31. The van der Waals surface area contributed by atoms with Gasteiger partial charge in [0.1, 0.15) is 24.4 Å². The number of anilines is 1. The van der Waals surface area contributed by atoms with Crippen molar-refractivity contribution in [1.82, 2.24) is 19.2 Å².